The molecule has 2 rings (SSSR count). The van der Waals surface area contributed by atoms with Gasteiger partial charge < -0.3 is 72.3 Å². The summed E-state index contributed by atoms with van der Waals surface area (Å²) in [5.74, 6) is -8.95. The molecule has 2 saturated heterocycles. The fourth-order valence-electron chi connectivity index (χ4n) is 5.81. The molecule has 0 radical (unpaired) electrons. The zero-order valence-corrected chi connectivity index (χ0v) is 41.6. The molecule has 1 amide bonds. The number of nitrogens with zero attached hydrogens (tertiary/aromatic N) is 1. The average Bonchev–Trinajstić information content (AvgIpc) is 3.94. The molecule has 69 heavy (non-hydrogen) atoms. The van der Waals surface area contributed by atoms with Crippen molar-refractivity contribution < 1.29 is 93.6 Å². The number of likely N-dealkylation sites (N-methyl/N-ethyl adjacent to an activating group) is 3. The third-order valence-corrected chi connectivity index (χ3v) is 9.74. The molecule has 2 aliphatic rings. The molecule has 400 valence electrons. The number of rotatable bonds is 26. The van der Waals surface area contributed by atoms with E-state index < -0.39 is 77.4 Å². The SMILES string of the molecule is CC(C)C[C@H](NCCCC(=O)C(=O)O)C(=O)O.CNC(CC(C)C)C(=O)O.CN[C@@H](C)C(=O)O.CN[C@@H](CC(C)C)C(=O)O.O=C(O)C(=O)CCCN1C(=O)CC[C@H]1C(=O)O.O=C(O)[C@@H]1CCCN1. The van der Waals surface area contributed by atoms with Crippen molar-refractivity contribution in [2.24, 2.45) is 17.8 Å². The first-order chi connectivity index (χ1) is 31.9. The molecular formula is C44H80N6O19. The molecule has 2 aliphatic heterocycles. The minimum atomic E-state index is -1.51. The number of hydrogen-bond acceptors (Lipinski definition) is 16. The smallest absolute Gasteiger partial charge is 0.372 e. The molecule has 0 spiro atoms. The molecule has 6 atom stereocenters. The van der Waals surface area contributed by atoms with Gasteiger partial charge in [-0.1, -0.05) is 41.5 Å². The van der Waals surface area contributed by atoms with Gasteiger partial charge in [0.1, 0.15) is 36.3 Å². The first-order valence-corrected chi connectivity index (χ1v) is 22.6. The summed E-state index contributed by atoms with van der Waals surface area (Å²) in [6, 6.07) is -2.97. The lowest BCUT2D eigenvalue weighted by atomic mass is 10.0. The van der Waals surface area contributed by atoms with Gasteiger partial charge in [0, 0.05) is 25.8 Å². The average molecular weight is 997 g/mol. The summed E-state index contributed by atoms with van der Waals surface area (Å²) in [4.78, 5) is 117. The number of amides is 1. The Hall–Kier alpha value is -5.63. The summed E-state index contributed by atoms with van der Waals surface area (Å²) in [5.41, 5.74) is 0. The summed E-state index contributed by atoms with van der Waals surface area (Å²) in [5, 5.41) is 81.7. The number of carbonyl (C=O) groups excluding carboxylic acids is 3. The number of aliphatic carboxylic acids is 8. The van der Waals surface area contributed by atoms with Crippen molar-refractivity contribution in [2.75, 3.05) is 40.8 Å². The maximum absolute atomic E-state index is 11.4. The molecule has 25 heteroatoms. The topological polar surface area (TPSA) is 413 Å². The van der Waals surface area contributed by atoms with Gasteiger partial charge >= 0.3 is 47.8 Å². The van der Waals surface area contributed by atoms with E-state index >= 15 is 0 Å². The Morgan fingerprint density at radius 1 is 0.580 bits per heavy atom. The first-order valence-electron chi connectivity index (χ1n) is 22.6. The van der Waals surface area contributed by atoms with Gasteiger partial charge in [0.05, 0.1) is 0 Å². The maximum Gasteiger partial charge on any atom is 0.372 e. The Morgan fingerprint density at radius 3 is 1.26 bits per heavy atom. The van der Waals surface area contributed by atoms with Crippen LogP contribution in [0.4, 0.5) is 0 Å². The van der Waals surface area contributed by atoms with Crippen LogP contribution in [0.1, 0.15) is 119 Å². The first kappa shape index (κ1) is 69.9. The number of nitrogens with one attached hydrogen (secondary N) is 5. The molecular weight excluding hydrogens is 917 g/mol. The highest BCUT2D eigenvalue weighted by Gasteiger charge is 2.35. The number of hydrogen-bond donors (Lipinski definition) is 13. The maximum atomic E-state index is 11.4. The molecule has 0 aliphatic carbocycles. The van der Waals surface area contributed by atoms with E-state index in [9.17, 15) is 52.7 Å². The van der Waals surface area contributed by atoms with Gasteiger partial charge in [0.2, 0.25) is 17.5 Å². The molecule has 13 N–H and O–H groups in total. The second kappa shape index (κ2) is 40.3. The molecule has 0 saturated carbocycles. The number of carboxylic acids is 8. The Kier molecular flexibility index (Phi) is 40.8. The minimum absolute atomic E-state index is 0.0731. The van der Waals surface area contributed by atoms with Gasteiger partial charge in [-0.15, -0.1) is 0 Å². The second-order valence-corrected chi connectivity index (χ2v) is 17.1. The van der Waals surface area contributed by atoms with Crippen molar-refractivity contribution in [3.05, 3.63) is 0 Å². The van der Waals surface area contributed by atoms with Gasteiger partial charge in [-0.2, -0.15) is 0 Å². The van der Waals surface area contributed by atoms with Crippen LogP contribution in [-0.4, -0.2) is 188 Å². The van der Waals surface area contributed by atoms with E-state index in [0.717, 1.165) is 19.4 Å². The minimum Gasteiger partial charge on any atom is -0.480 e. The van der Waals surface area contributed by atoms with E-state index in [1.807, 2.05) is 41.5 Å². The lowest BCUT2D eigenvalue weighted by molar-refractivity contribution is -0.149. The number of Topliss-reactive ketones (excluding diaryl/α,β-unsaturated/α-hetero) is 2. The number of likely N-dealkylation sites (tertiary alicyclic amines) is 1. The van der Waals surface area contributed by atoms with E-state index in [4.69, 9.17) is 40.9 Å². The number of ketones is 2. The predicted molar refractivity (Wildman–Crippen MR) is 250 cm³/mol. The Bertz CT molecular complexity index is 1580. The van der Waals surface area contributed by atoms with E-state index in [0.29, 0.717) is 44.1 Å². The van der Waals surface area contributed by atoms with Crippen molar-refractivity contribution in [3.8, 4) is 0 Å². The quantitative estimate of drug-likeness (QED) is 0.0423. The van der Waals surface area contributed by atoms with E-state index in [1.165, 1.54) is 4.90 Å². The monoisotopic (exact) mass is 997 g/mol. The van der Waals surface area contributed by atoms with Gasteiger partial charge in [-0.25, -0.2) is 14.4 Å². The lowest BCUT2D eigenvalue weighted by Crippen LogP contribution is -2.39. The highest BCUT2D eigenvalue weighted by molar-refractivity contribution is 6.33. The van der Waals surface area contributed by atoms with Crippen LogP contribution in [0.3, 0.4) is 0 Å². The van der Waals surface area contributed by atoms with Crippen LogP contribution in [0.15, 0.2) is 0 Å². The third kappa shape index (κ3) is 38.0. The molecule has 0 aromatic carbocycles. The fourth-order valence-corrected chi connectivity index (χ4v) is 5.81. The van der Waals surface area contributed by atoms with Gasteiger partial charge in [0.25, 0.3) is 0 Å². The van der Waals surface area contributed by atoms with Gasteiger partial charge in [-0.3, -0.25) is 38.4 Å². The third-order valence-electron chi connectivity index (χ3n) is 9.74. The molecule has 0 bridgehead atoms. The van der Waals surface area contributed by atoms with E-state index in [-0.39, 0.29) is 68.6 Å². The van der Waals surface area contributed by atoms with Crippen LogP contribution in [0.5, 0.6) is 0 Å². The van der Waals surface area contributed by atoms with Gasteiger partial charge in [-0.05, 0) is 110 Å². The Morgan fingerprint density at radius 2 is 1.00 bits per heavy atom. The number of carbonyl (C=O) groups is 11. The summed E-state index contributed by atoms with van der Waals surface area (Å²) >= 11 is 0. The van der Waals surface area contributed by atoms with E-state index in [1.54, 1.807) is 28.1 Å². The predicted octanol–water partition coefficient (Wildman–Crippen LogP) is 0.917. The van der Waals surface area contributed by atoms with Gasteiger partial charge in [0.15, 0.2) is 0 Å². The van der Waals surface area contributed by atoms with Crippen LogP contribution < -0.4 is 26.6 Å². The molecule has 0 aromatic rings. The lowest BCUT2D eigenvalue weighted by Gasteiger charge is -2.20. The van der Waals surface area contributed by atoms with E-state index in [2.05, 4.69) is 26.6 Å². The highest BCUT2D eigenvalue weighted by Crippen LogP contribution is 2.19. The van der Waals surface area contributed by atoms with Crippen LogP contribution >= 0.6 is 0 Å². The fraction of sp³-hybridized carbons (Fsp3) is 0.750. The normalized spacial score (nSPS) is 16.4. The molecule has 2 fully saturated rings. The van der Waals surface area contributed by atoms with Crippen LogP contribution in [0, 0.1) is 17.8 Å². The summed E-state index contributed by atoms with van der Waals surface area (Å²) in [6.07, 6.45) is 4.34. The summed E-state index contributed by atoms with van der Waals surface area (Å²) in [7, 11) is 4.95. The van der Waals surface area contributed by atoms with Crippen molar-refractivity contribution in [2.45, 2.75) is 155 Å². The molecule has 2 heterocycles. The van der Waals surface area contributed by atoms with Crippen LogP contribution in [0.25, 0.3) is 0 Å². The second-order valence-electron chi connectivity index (χ2n) is 17.1. The van der Waals surface area contributed by atoms with Crippen molar-refractivity contribution in [1.82, 2.24) is 31.5 Å². The molecule has 1 unspecified atom stereocenters. The Balaban J connectivity index is -0.000000379. The zero-order valence-electron chi connectivity index (χ0n) is 41.6. The zero-order chi connectivity index (χ0) is 54.6. The molecule has 25 nitrogen and oxygen atoms in total. The number of carboxylic acid groups (broad SMARTS) is 8. The Labute approximate surface area is 403 Å². The molecule has 0 aromatic heterocycles. The van der Waals surface area contributed by atoms with Crippen LogP contribution in [0.2, 0.25) is 0 Å². The highest BCUT2D eigenvalue weighted by atomic mass is 16.4. The van der Waals surface area contributed by atoms with Crippen LogP contribution in [-0.2, 0) is 52.7 Å². The summed E-state index contributed by atoms with van der Waals surface area (Å²) in [6.45, 7) is 14.7. The summed E-state index contributed by atoms with van der Waals surface area (Å²) < 4.78 is 0. The van der Waals surface area contributed by atoms with Crippen molar-refractivity contribution >= 4 is 65.2 Å². The van der Waals surface area contributed by atoms with Crippen molar-refractivity contribution in [3.63, 3.8) is 0 Å². The largest absolute Gasteiger partial charge is 0.480 e. The standard InChI is InChI=1S/C11H19NO5.C10H13NO6.2C7H15NO2.C5H9NO2.C4H9NO2/c1-7(2)6-8(10(14)15)12-5-3-4-9(13)11(16)17;12-7(10(16)17)2-1-5-11-6(9(14)15)3-4-8(11)13;2*1-5(2)4-6(8-3)7(9)10;7-5(8)4-2-1-3-6-4;1-3(5-2)4(6)7/h7-8,12H,3-6H2,1-2H3,(H,14,15)(H,16,17);6H,1-5H2,(H,14,15)(H,16,17);2*5-6,8H,4H2,1-3H3,(H,9,10);4,6H,1-3H2,(H,7,8);3,5H,1-2H3,(H,6,7)/t8-;2*6-;;4-;3-/m000.00/s1. The van der Waals surface area contributed by atoms with Crippen molar-refractivity contribution in [1.29, 1.82) is 0 Å².